The molecule has 1 aliphatic rings. The van der Waals surface area contributed by atoms with Crippen molar-refractivity contribution in [1.82, 2.24) is 4.98 Å². The molecule has 2 aromatic rings. The summed E-state index contributed by atoms with van der Waals surface area (Å²) in [4.78, 5) is 4.77. The van der Waals surface area contributed by atoms with E-state index in [9.17, 15) is 4.39 Å². The Labute approximate surface area is 114 Å². The summed E-state index contributed by atoms with van der Waals surface area (Å²) in [6.07, 6.45) is 0.878. The highest BCUT2D eigenvalue weighted by Gasteiger charge is 2.11. The van der Waals surface area contributed by atoms with Crippen LogP contribution in [0.1, 0.15) is 6.42 Å². The highest BCUT2D eigenvalue weighted by atomic mass is 32.2. The minimum Gasteiger partial charge on any atom is -0.490 e. The van der Waals surface area contributed by atoms with Crippen LogP contribution < -0.4 is 9.47 Å². The average Bonchev–Trinajstić information content (AvgIpc) is 2.63. The van der Waals surface area contributed by atoms with Crippen molar-refractivity contribution in [3.05, 3.63) is 42.3 Å². The van der Waals surface area contributed by atoms with Gasteiger partial charge in [0.1, 0.15) is 5.03 Å². The van der Waals surface area contributed by atoms with Crippen LogP contribution in [0.4, 0.5) is 4.39 Å². The van der Waals surface area contributed by atoms with Crippen LogP contribution in [0.15, 0.2) is 46.3 Å². The number of fused-ring (bicyclic) bond motifs is 1. The molecule has 19 heavy (non-hydrogen) atoms. The Morgan fingerprint density at radius 2 is 1.89 bits per heavy atom. The lowest BCUT2D eigenvalue weighted by Gasteiger charge is -2.08. The molecule has 98 valence electrons. The first-order valence-electron chi connectivity index (χ1n) is 6.01. The van der Waals surface area contributed by atoms with E-state index in [1.165, 1.54) is 17.8 Å². The van der Waals surface area contributed by atoms with E-state index in [-0.39, 0.29) is 0 Å². The third-order valence-corrected chi connectivity index (χ3v) is 3.56. The van der Waals surface area contributed by atoms with Crippen LogP contribution in [0.3, 0.4) is 0 Å². The van der Waals surface area contributed by atoms with Gasteiger partial charge in [0.05, 0.1) is 13.2 Å². The number of aromatic nitrogens is 1. The molecule has 0 amide bonds. The quantitative estimate of drug-likeness (QED) is 0.786. The van der Waals surface area contributed by atoms with Crippen LogP contribution in [0, 0.1) is 5.95 Å². The predicted octanol–water partition coefficient (Wildman–Crippen LogP) is 3.53. The average molecular weight is 277 g/mol. The normalized spacial score (nSPS) is 13.9. The lowest BCUT2D eigenvalue weighted by molar-refractivity contribution is 0.297. The van der Waals surface area contributed by atoms with Crippen LogP contribution >= 0.6 is 11.8 Å². The standard InChI is InChI=1S/C14H12FNO2S/c15-13-3-1-4-14(16-13)19-10-5-6-11-12(9-10)18-8-2-7-17-11/h1,3-6,9H,2,7-8H2. The molecule has 0 radical (unpaired) electrons. The molecule has 1 aliphatic heterocycles. The summed E-state index contributed by atoms with van der Waals surface area (Å²) in [7, 11) is 0. The summed E-state index contributed by atoms with van der Waals surface area (Å²) in [6.45, 7) is 1.32. The maximum absolute atomic E-state index is 13.0. The molecule has 0 saturated carbocycles. The van der Waals surface area contributed by atoms with Gasteiger partial charge in [0.15, 0.2) is 11.5 Å². The van der Waals surface area contributed by atoms with Crippen molar-refractivity contribution >= 4 is 11.8 Å². The summed E-state index contributed by atoms with van der Waals surface area (Å²) in [5.41, 5.74) is 0. The predicted molar refractivity (Wildman–Crippen MR) is 70.4 cm³/mol. The molecule has 1 aromatic heterocycles. The molecule has 3 nitrogen and oxygen atoms in total. The molecule has 0 unspecified atom stereocenters. The number of hydrogen-bond acceptors (Lipinski definition) is 4. The Morgan fingerprint density at radius 3 is 2.74 bits per heavy atom. The highest BCUT2D eigenvalue weighted by molar-refractivity contribution is 7.99. The van der Waals surface area contributed by atoms with E-state index >= 15 is 0 Å². The van der Waals surface area contributed by atoms with Gasteiger partial charge in [0.25, 0.3) is 0 Å². The minimum atomic E-state index is -0.473. The van der Waals surface area contributed by atoms with Gasteiger partial charge >= 0.3 is 0 Å². The van der Waals surface area contributed by atoms with E-state index < -0.39 is 5.95 Å². The molecule has 5 heteroatoms. The van der Waals surface area contributed by atoms with Crippen molar-refractivity contribution in [3.8, 4) is 11.5 Å². The van der Waals surface area contributed by atoms with Gasteiger partial charge in [-0.25, -0.2) is 4.98 Å². The smallest absolute Gasteiger partial charge is 0.213 e. The van der Waals surface area contributed by atoms with Gasteiger partial charge in [-0.2, -0.15) is 4.39 Å². The Hall–Kier alpha value is -1.75. The van der Waals surface area contributed by atoms with Gasteiger partial charge in [-0.05, 0) is 30.3 Å². The molecule has 2 heterocycles. The molecule has 0 saturated heterocycles. The zero-order chi connectivity index (χ0) is 13.1. The van der Waals surface area contributed by atoms with Crippen molar-refractivity contribution in [2.45, 2.75) is 16.3 Å². The zero-order valence-corrected chi connectivity index (χ0v) is 11.0. The first-order valence-corrected chi connectivity index (χ1v) is 6.83. The third-order valence-electron chi connectivity index (χ3n) is 2.63. The molecule has 0 aliphatic carbocycles. The van der Waals surface area contributed by atoms with E-state index in [0.29, 0.717) is 18.2 Å². The van der Waals surface area contributed by atoms with E-state index in [4.69, 9.17) is 9.47 Å². The second kappa shape index (κ2) is 5.48. The van der Waals surface area contributed by atoms with Gasteiger partial charge in [0.2, 0.25) is 5.95 Å². The fourth-order valence-corrected chi connectivity index (χ4v) is 2.60. The van der Waals surface area contributed by atoms with Gasteiger partial charge in [-0.3, -0.25) is 0 Å². The van der Waals surface area contributed by atoms with Crippen LogP contribution in [0.25, 0.3) is 0 Å². The summed E-state index contributed by atoms with van der Waals surface area (Å²) >= 11 is 1.39. The Balaban J connectivity index is 1.84. The monoisotopic (exact) mass is 277 g/mol. The van der Waals surface area contributed by atoms with Crippen LogP contribution in [-0.4, -0.2) is 18.2 Å². The van der Waals surface area contributed by atoms with Crippen LogP contribution in [0.5, 0.6) is 11.5 Å². The van der Waals surface area contributed by atoms with Gasteiger partial charge in [-0.15, -0.1) is 0 Å². The van der Waals surface area contributed by atoms with Crippen molar-refractivity contribution in [1.29, 1.82) is 0 Å². The van der Waals surface area contributed by atoms with E-state index in [1.807, 2.05) is 18.2 Å². The number of pyridine rings is 1. The van der Waals surface area contributed by atoms with Crippen LogP contribution in [0.2, 0.25) is 0 Å². The topological polar surface area (TPSA) is 31.4 Å². The molecular formula is C14H12FNO2S. The van der Waals surface area contributed by atoms with E-state index in [2.05, 4.69) is 4.98 Å². The van der Waals surface area contributed by atoms with Gasteiger partial charge in [-0.1, -0.05) is 17.8 Å². The van der Waals surface area contributed by atoms with Crippen molar-refractivity contribution in [2.24, 2.45) is 0 Å². The molecule has 0 fully saturated rings. The summed E-state index contributed by atoms with van der Waals surface area (Å²) in [6, 6.07) is 10.5. The Bertz CT molecular complexity index is 591. The second-order valence-electron chi connectivity index (χ2n) is 4.06. The summed E-state index contributed by atoms with van der Waals surface area (Å²) in [5, 5.41) is 0.620. The Morgan fingerprint density at radius 1 is 1.05 bits per heavy atom. The maximum atomic E-state index is 13.0. The minimum absolute atomic E-state index is 0.473. The van der Waals surface area contributed by atoms with Crippen molar-refractivity contribution in [2.75, 3.05) is 13.2 Å². The van der Waals surface area contributed by atoms with Gasteiger partial charge < -0.3 is 9.47 Å². The van der Waals surface area contributed by atoms with Gasteiger partial charge in [0, 0.05) is 11.3 Å². The zero-order valence-electron chi connectivity index (χ0n) is 10.1. The highest BCUT2D eigenvalue weighted by Crippen LogP contribution is 2.35. The fourth-order valence-electron chi connectivity index (χ4n) is 1.77. The summed E-state index contributed by atoms with van der Waals surface area (Å²) < 4.78 is 24.2. The molecule has 0 spiro atoms. The molecule has 3 rings (SSSR count). The summed E-state index contributed by atoms with van der Waals surface area (Å²) in [5.74, 6) is 1.02. The van der Waals surface area contributed by atoms with Crippen molar-refractivity contribution in [3.63, 3.8) is 0 Å². The number of halogens is 1. The number of hydrogen-bond donors (Lipinski definition) is 0. The number of benzene rings is 1. The molecule has 0 N–H and O–H groups in total. The lowest BCUT2D eigenvalue weighted by atomic mass is 10.3. The molecular weight excluding hydrogens is 265 g/mol. The first-order chi connectivity index (χ1) is 9.31. The van der Waals surface area contributed by atoms with E-state index in [1.54, 1.807) is 12.1 Å². The van der Waals surface area contributed by atoms with Crippen molar-refractivity contribution < 1.29 is 13.9 Å². The third kappa shape index (κ3) is 2.98. The maximum Gasteiger partial charge on any atom is 0.213 e. The number of nitrogens with zero attached hydrogens (tertiary/aromatic N) is 1. The molecule has 0 atom stereocenters. The fraction of sp³-hybridized carbons (Fsp3) is 0.214. The SMILES string of the molecule is Fc1cccc(Sc2ccc3c(c2)OCCCO3)n1. The largest absolute Gasteiger partial charge is 0.490 e. The number of ether oxygens (including phenoxy) is 2. The second-order valence-corrected chi connectivity index (χ2v) is 5.15. The van der Waals surface area contributed by atoms with Crippen LogP contribution in [-0.2, 0) is 0 Å². The number of rotatable bonds is 2. The van der Waals surface area contributed by atoms with E-state index in [0.717, 1.165) is 22.8 Å². The first kappa shape index (κ1) is 12.3. The molecule has 0 bridgehead atoms. The Kier molecular flexibility index (Phi) is 3.55. The lowest BCUT2D eigenvalue weighted by Crippen LogP contribution is -1.97. The molecule has 1 aromatic carbocycles.